The molecule has 0 unspecified atom stereocenters. The van der Waals surface area contributed by atoms with Gasteiger partial charge in [0, 0.05) is 11.1 Å². The van der Waals surface area contributed by atoms with Gasteiger partial charge in [-0.25, -0.2) is 9.59 Å². The van der Waals surface area contributed by atoms with E-state index in [0.29, 0.717) is 16.8 Å². The summed E-state index contributed by atoms with van der Waals surface area (Å²) in [6.07, 6.45) is -1.01. The summed E-state index contributed by atoms with van der Waals surface area (Å²) in [6, 6.07) is 33.0. The maximum absolute atomic E-state index is 13.8. The Kier molecular flexibility index (Phi) is 7.07. The van der Waals surface area contributed by atoms with Crippen LogP contribution in [0.2, 0.25) is 0 Å². The summed E-state index contributed by atoms with van der Waals surface area (Å²) in [4.78, 5) is 26.7. The smallest absolute Gasteiger partial charge is 0.412 e. The van der Waals surface area contributed by atoms with Gasteiger partial charge in [0.05, 0.1) is 11.3 Å². The largest absolute Gasteiger partial charge is 0.454 e. The SMILES string of the molecule is C[C@H](OC(=O)c1ccc2ccccc2c1-c1c(NC(=O)OC(C)(C)C)ccc2ccccc12)c1ccccc1. The van der Waals surface area contributed by atoms with Gasteiger partial charge in [0.1, 0.15) is 11.7 Å². The fourth-order valence-electron chi connectivity index (χ4n) is 4.79. The van der Waals surface area contributed by atoms with Gasteiger partial charge in [0.25, 0.3) is 0 Å². The highest BCUT2D eigenvalue weighted by molar-refractivity contribution is 6.16. The molecule has 39 heavy (non-hydrogen) atoms. The quantitative estimate of drug-likeness (QED) is 0.236. The lowest BCUT2D eigenvalue weighted by Gasteiger charge is -2.22. The second-order valence-electron chi connectivity index (χ2n) is 10.5. The van der Waals surface area contributed by atoms with E-state index < -0.39 is 23.8 Å². The summed E-state index contributed by atoms with van der Waals surface area (Å²) >= 11 is 0. The molecule has 1 amide bonds. The lowest BCUT2D eigenvalue weighted by atomic mass is 9.89. The van der Waals surface area contributed by atoms with Crippen LogP contribution in [0.15, 0.2) is 103 Å². The van der Waals surface area contributed by atoms with Crippen LogP contribution in [-0.4, -0.2) is 17.7 Å². The number of carbonyl (C=O) groups excluding carboxylic acids is 2. The Labute approximate surface area is 228 Å². The van der Waals surface area contributed by atoms with Crippen LogP contribution >= 0.6 is 0 Å². The van der Waals surface area contributed by atoms with Gasteiger partial charge in [0.2, 0.25) is 0 Å². The molecule has 0 heterocycles. The molecule has 5 aromatic rings. The number of hydrogen-bond acceptors (Lipinski definition) is 4. The number of carbonyl (C=O) groups is 2. The number of ether oxygens (including phenoxy) is 2. The molecule has 196 valence electrons. The molecule has 0 aliphatic rings. The average molecular weight is 518 g/mol. The van der Waals surface area contributed by atoms with E-state index in [1.165, 1.54) is 0 Å². The Bertz CT molecular complexity index is 1670. The molecule has 0 radical (unpaired) electrons. The highest BCUT2D eigenvalue weighted by Crippen LogP contribution is 2.42. The predicted octanol–water partition coefficient (Wildman–Crippen LogP) is 8.93. The molecule has 1 N–H and O–H groups in total. The first kappa shape index (κ1) is 26.0. The van der Waals surface area contributed by atoms with E-state index in [1.807, 2.05) is 125 Å². The average Bonchev–Trinajstić information content (AvgIpc) is 2.92. The Morgan fingerprint density at radius 1 is 0.692 bits per heavy atom. The van der Waals surface area contributed by atoms with Crippen LogP contribution in [0.1, 0.15) is 49.7 Å². The molecule has 5 heteroatoms. The molecule has 0 bridgehead atoms. The lowest BCUT2D eigenvalue weighted by Crippen LogP contribution is -2.27. The number of rotatable bonds is 5. The molecule has 5 rings (SSSR count). The fraction of sp³-hybridized carbons (Fsp3) is 0.176. The minimum absolute atomic E-state index is 0.417. The number of benzene rings is 5. The lowest BCUT2D eigenvalue weighted by molar-refractivity contribution is 0.0338. The monoisotopic (exact) mass is 517 g/mol. The number of anilines is 1. The van der Waals surface area contributed by atoms with Gasteiger partial charge in [-0.1, -0.05) is 91.0 Å². The van der Waals surface area contributed by atoms with E-state index in [0.717, 1.165) is 32.7 Å². The van der Waals surface area contributed by atoms with E-state index >= 15 is 0 Å². The van der Waals surface area contributed by atoms with Crippen molar-refractivity contribution in [2.75, 3.05) is 5.32 Å². The molecule has 0 aliphatic carbocycles. The van der Waals surface area contributed by atoms with Gasteiger partial charge in [-0.3, -0.25) is 5.32 Å². The fourth-order valence-corrected chi connectivity index (χ4v) is 4.79. The molecule has 0 spiro atoms. The summed E-state index contributed by atoms with van der Waals surface area (Å²) in [5.41, 5.74) is 2.63. The van der Waals surface area contributed by atoms with Crippen molar-refractivity contribution in [3.05, 3.63) is 114 Å². The minimum atomic E-state index is -0.664. The van der Waals surface area contributed by atoms with Crippen molar-refractivity contribution in [3.8, 4) is 11.1 Å². The zero-order chi connectivity index (χ0) is 27.6. The van der Waals surface area contributed by atoms with Crippen LogP contribution in [0, 0.1) is 0 Å². The van der Waals surface area contributed by atoms with Crippen LogP contribution in [0.25, 0.3) is 32.7 Å². The molecule has 0 saturated carbocycles. The molecular weight excluding hydrogens is 486 g/mol. The van der Waals surface area contributed by atoms with Crippen molar-refractivity contribution < 1.29 is 19.1 Å². The molecule has 5 nitrogen and oxygen atoms in total. The second-order valence-corrected chi connectivity index (χ2v) is 10.5. The number of nitrogens with one attached hydrogen (secondary N) is 1. The Morgan fingerprint density at radius 3 is 1.90 bits per heavy atom. The van der Waals surface area contributed by atoms with E-state index in [1.54, 1.807) is 6.07 Å². The molecule has 1 atom stereocenters. The van der Waals surface area contributed by atoms with Crippen molar-refractivity contribution >= 4 is 39.3 Å². The van der Waals surface area contributed by atoms with Gasteiger partial charge in [-0.05, 0) is 66.9 Å². The van der Waals surface area contributed by atoms with Crippen LogP contribution in [-0.2, 0) is 9.47 Å². The third kappa shape index (κ3) is 5.63. The number of hydrogen-bond donors (Lipinski definition) is 1. The zero-order valence-electron chi connectivity index (χ0n) is 22.5. The number of amides is 1. The summed E-state index contributed by atoms with van der Waals surface area (Å²) in [5.74, 6) is -0.441. The zero-order valence-corrected chi connectivity index (χ0v) is 22.5. The van der Waals surface area contributed by atoms with Crippen LogP contribution in [0.5, 0.6) is 0 Å². The maximum Gasteiger partial charge on any atom is 0.412 e. The second kappa shape index (κ2) is 10.6. The van der Waals surface area contributed by atoms with Crippen LogP contribution < -0.4 is 5.32 Å². The summed E-state index contributed by atoms with van der Waals surface area (Å²) in [6.45, 7) is 7.32. The topological polar surface area (TPSA) is 64.6 Å². The maximum atomic E-state index is 13.8. The van der Waals surface area contributed by atoms with Gasteiger partial charge < -0.3 is 9.47 Å². The van der Waals surface area contributed by atoms with Crippen molar-refractivity contribution in [3.63, 3.8) is 0 Å². The molecule has 0 aromatic heterocycles. The first-order chi connectivity index (χ1) is 18.7. The van der Waals surface area contributed by atoms with Crippen molar-refractivity contribution in [1.82, 2.24) is 0 Å². The van der Waals surface area contributed by atoms with E-state index in [-0.39, 0.29) is 0 Å². The highest BCUT2D eigenvalue weighted by Gasteiger charge is 2.25. The summed E-state index contributed by atoms with van der Waals surface area (Å²) in [5, 5.41) is 6.66. The van der Waals surface area contributed by atoms with Crippen molar-refractivity contribution in [1.29, 1.82) is 0 Å². The first-order valence-corrected chi connectivity index (χ1v) is 13.0. The van der Waals surface area contributed by atoms with Crippen molar-refractivity contribution in [2.24, 2.45) is 0 Å². The van der Waals surface area contributed by atoms with E-state index in [2.05, 4.69) is 5.32 Å². The standard InChI is InChI=1S/C34H31NO4/c1-22(23-12-6-5-7-13-23)38-32(36)28-20-18-24-14-8-10-16-26(24)30(28)31-27-17-11-9-15-25(27)19-21-29(31)35-33(37)39-34(2,3)4/h5-22H,1-4H3,(H,35,37)/t22-/m0/s1. The molecular formula is C34H31NO4. The Hall–Kier alpha value is -4.64. The summed E-state index contributed by atoms with van der Waals surface area (Å²) < 4.78 is 11.6. The minimum Gasteiger partial charge on any atom is -0.454 e. The molecule has 0 saturated heterocycles. The summed E-state index contributed by atoms with van der Waals surface area (Å²) in [7, 11) is 0. The van der Waals surface area contributed by atoms with E-state index in [9.17, 15) is 9.59 Å². The third-order valence-corrected chi connectivity index (χ3v) is 6.52. The van der Waals surface area contributed by atoms with Crippen molar-refractivity contribution in [2.45, 2.75) is 39.4 Å². The third-order valence-electron chi connectivity index (χ3n) is 6.52. The van der Waals surface area contributed by atoms with Gasteiger partial charge in [-0.15, -0.1) is 0 Å². The Morgan fingerprint density at radius 2 is 1.26 bits per heavy atom. The molecule has 5 aromatic carbocycles. The van der Waals surface area contributed by atoms with Gasteiger partial charge in [0.15, 0.2) is 0 Å². The Balaban J connectivity index is 1.71. The van der Waals surface area contributed by atoms with Gasteiger partial charge >= 0.3 is 12.1 Å². The van der Waals surface area contributed by atoms with Gasteiger partial charge in [-0.2, -0.15) is 0 Å². The van der Waals surface area contributed by atoms with Crippen LogP contribution in [0.3, 0.4) is 0 Å². The molecule has 0 fully saturated rings. The highest BCUT2D eigenvalue weighted by atomic mass is 16.6. The molecule has 0 aliphatic heterocycles. The van der Waals surface area contributed by atoms with E-state index in [4.69, 9.17) is 9.47 Å². The van der Waals surface area contributed by atoms with Crippen LogP contribution in [0.4, 0.5) is 10.5 Å². The first-order valence-electron chi connectivity index (χ1n) is 13.0. The predicted molar refractivity (Wildman–Crippen MR) is 157 cm³/mol. The number of esters is 1. The normalized spacial score (nSPS) is 12.2. The number of fused-ring (bicyclic) bond motifs is 2.